The fourth-order valence-electron chi connectivity index (χ4n) is 3.66. The molecule has 2 aliphatic rings. The highest BCUT2D eigenvalue weighted by Gasteiger charge is 2.41. The van der Waals surface area contributed by atoms with E-state index in [1.54, 1.807) is 11.1 Å². The molecule has 26 heavy (non-hydrogen) atoms. The number of ether oxygens (including phenoxy) is 1. The number of nitrogens with zero attached hydrogens (tertiary/aromatic N) is 3. The number of rotatable bonds is 3. The first-order valence-corrected chi connectivity index (χ1v) is 8.82. The van der Waals surface area contributed by atoms with Crippen LogP contribution >= 0.6 is 0 Å². The molecule has 7 heteroatoms. The van der Waals surface area contributed by atoms with Gasteiger partial charge in [0.25, 0.3) is 5.91 Å². The molecule has 1 amide bonds. The van der Waals surface area contributed by atoms with Crippen LogP contribution in [0.2, 0.25) is 0 Å². The Kier molecular flexibility index (Phi) is 4.20. The molecule has 0 spiro atoms. The first kappa shape index (κ1) is 17.1. The molecule has 2 aromatic rings. The number of fused-ring (bicyclic) bond motifs is 1. The molecule has 138 valence electrons. The Morgan fingerprint density at radius 1 is 1.31 bits per heavy atom. The fourth-order valence-corrected chi connectivity index (χ4v) is 3.66. The number of aromatic nitrogens is 1. The van der Waals surface area contributed by atoms with Gasteiger partial charge in [0.15, 0.2) is 12.2 Å². The third-order valence-electron chi connectivity index (χ3n) is 4.95. The third-order valence-corrected chi connectivity index (χ3v) is 4.95. The summed E-state index contributed by atoms with van der Waals surface area (Å²) in [6, 6.07) is 5.88. The number of hydrogen-bond donors (Lipinski definition) is 1. The zero-order valence-corrected chi connectivity index (χ0v) is 15.0. The summed E-state index contributed by atoms with van der Waals surface area (Å²) in [5.74, 6) is 0.267. The Morgan fingerprint density at radius 2 is 2.08 bits per heavy atom. The van der Waals surface area contributed by atoms with Gasteiger partial charge in [-0.3, -0.25) is 4.79 Å². The van der Waals surface area contributed by atoms with Crippen molar-refractivity contribution in [2.75, 3.05) is 31.2 Å². The normalized spacial score (nSPS) is 20.3. The zero-order valence-electron chi connectivity index (χ0n) is 15.0. The van der Waals surface area contributed by atoms with Gasteiger partial charge in [-0.05, 0) is 37.1 Å². The second-order valence-corrected chi connectivity index (χ2v) is 7.28. The predicted octanol–water partition coefficient (Wildman–Crippen LogP) is 1.71. The average molecular weight is 357 g/mol. The van der Waals surface area contributed by atoms with Crippen molar-refractivity contribution in [2.45, 2.75) is 32.0 Å². The molecule has 0 saturated carbocycles. The van der Waals surface area contributed by atoms with Crippen molar-refractivity contribution in [1.29, 1.82) is 0 Å². The zero-order chi connectivity index (χ0) is 18.3. The number of amides is 1. The van der Waals surface area contributed by atoms with Crippen molar-refractivity contribution in [3.63, 3.8) is 0 Å². The molecule has 7 nitrogen and oxygen atoms in total. The van der Waals surface area contributed by atoms with Crippen molar-refractivity contribution in [3.8, 4) is 0 Å². The molecular weight excluding hydrogens is 334 g/mol. The summed E-state index contributed by atoms with van der Waals surface area (Å²) < 4.78 is 10.9. The number of aliphatic hydroxyl groups is 1. The summed E-state index contributed by atoms with van der Waals surface area (Å²) in [6.45, 7) is 6.61. The lowest BCUT2D eigenvalue weighted by Crippen LogP contribution is -2.44. The molecular formula is C19H23N3O4. The van der Waals surface area contributed by atoms with Gasteiger partial charge in [0.1, 0.15) is 11.6 Å². The summed E-state index contributed by atoms with van der Waals surface area (Å²) in [7, 11) is 0. The lowest BCUT2D eigenvalue weighted by atomic mass is 10.0. The SMILES string of the molecule is CC(C)(O)C(=O)N1Cc2cc(N3CCOCC3)ccc2[C@@H]1c1cnco1. The molecule has 1 saturated heterocycles. The summed E-state index contributed by atoms with van der Waals surface area (Å²) >= 11 is 0. The van der Waals surface area contributed by atoms with Crippen LogP contribution in [0.25, 0.3) is 0 Å². The Balaban J connectivity index is 1.71. The highest BCUT2D eigenvalue weighted by molar-refractivity contribution is 5.85. The first-order chi connectivity index (χ1) is 12.4. The van der Waals surface area contributed by atoms with Crippen LogP contribution in [0.3, 0.4) is 0 Å². The number of oxazole rings is 1. The van der Waals surface area contributed by atoms with Crippen LogP contribution in [0.1, 0.15) is 36.8 Å². The second kappa shape index (κ2) is 6.41. The van der Waals surface area contributed by atoms with Gasteiger partial charge in [-0.2, -0.15) is 0 Å². The molecule has 0 aliphatic carbocycles. The van der Waals surface area contributed by atoms with Crippen molar-refractivity contribution in [3.05, 3.63) is 47.7 Å². The lowest BCUT2D eigenvalue weighted by molar-refractivity contribution is -0.150. The van der Waals surface area contributed by atoms with E-state index in [0.29, 0.717) is 12.3 Å². The van der Waals surface area contributed by atoms with Gasteiger partial charge in [0, 0.05) is 25.3 Å². The van der Waals surface area contributed by atoms with E-state index in [9.17, 15) is 9.90 Å². The van der Waals surface area contributed by atoms with Gasteiger partial charge in [-0.15, -0.1) is 0 Å². The second-order valence-electron chi connectivity index (χ2n) is 7.28. The Labute approximate surface area is 152 Å². The van der Waals surface area contributed by atoms with Gasteiger partial charge in [0.2, 0.25) is 0 Å². The summed E-state index contributed by atoms with van der Waals surface area (Å²) in [5.41, 5.74) is 1.75. The smallest absolute Gasteiger partial charge is 0.255 e. The molecule has 0 radical (unpaired) electrons. The first-order valence-electron chi connectivity index (χ1n) is 8.82. The standard InChI is InChI=1S/C19H23N3O4/c1-19(2,24)18(23)22-11-13-9-14(21-5-7-25-8-6-21)3-4-15(13)17(22)16-10-20-12-26-16/h3-4,9-10,12,17,24H,5-8,11H2,1-2H3/t17-/m1/s1. The number of carbonyl (C=O) groups is 1. The van der Waals surface area contributed by atoms with Crippen LogP contribution < -0.4 is 4.90 Å². The van der Waals surface area contributed by atoms with Crippen LogP contribution in [0, 0.1) is 0 Å². The highest BCUT2D eigenvalue weighted by Crippen LogP contribution is 2.41. The fraction of sp³-hybridized carbons (Fsp3) is 0.474. The molecule has 2 aliphatic heterocycles. The minimum atomic E-state index is -1.45. The topological polar surface area (TPSA) is 79.0 Å². The average Bonchev–Trinajstić information content (AvgIpc) is 3.27. The molecule has 1 fully saturated rings. The van der Waals surface area contributed by atoms with E-state index in [1.165, 1.54) is 20.2 Å². The molecule has 1 N–H and O–H groups in total. The molecule has 4 rings (SSSR count). The maximum Gasteiger partial charge on any atom is 0.255 e. The summed E-state index contributed by atoms with van der Waals surface area (Å²) in [5, 5.41) is 10.2. The monoisotopic (exact) mass is 357 g/mol. The summed E-state index contributed by atoms with van der Waals surface area (Å²) in [6.07, 6.45) is 2.99. The van der Waals surface area contributed by atoms with Crippen molar-refractivity contribution < 1.29 is 19.1 Å². The minimum absolute atomic E-state index is 0.331. The molecule has 1 aromatic heterocycles. The number of morpholine rings is 1. The maximum atomic E-state index is 12.8. The van der Waals surface area contributed by atoms with E-state index in [-0.39, 0.29) is 11.9 Å². The van der Waals surface area contributed by atoms with Crippen LogP contribution in [-0.2, 0) is 16.1 Å². The van der Waals surface area contributed by atoms with Crippen molar-refractivity contribution >= 4 is 11.6 Å². The van der Waals surface area contributed by atoms with E-state index in [2.05, 4.69) is 22.0 Å². The van der Waals surface area contributed by atoms with Crippen LogP contribution in [0.5, 0.6) is 0 Å². The lowest BCUT2D eigenvalue weighted by Gasteiger charge is -2.29. The van der Waals surface area contributed by atoms with Crippen LogP contribution in [-0.4, -0.2) is 52.8 Å². The Bertz CT molecular complexity index is 792. The minimum Gasteiger partial charge on any atom is -0.446 e. The third kappa shape index (κ3) is 2.97. The van der Waals surface area contributed by atoms with Gasteiger partial charge in [-0.1, -0.05) is 6.07 Å². The number of anilines is 1. The van der Waals surface area contributed by atoms with Crippen LogP contribution in [0.4, 0.5) is 5.69 Å². The Hall–Kier alpha value is -2.38. The highest BCUT2D eigenvalue weighted by atomic mass is 16.5. The molecule has 1 atom stereocenters. The maximum absolute atomic E-state index is 12.8. The van der Waals surface area contributed by atoms with E-state index in [0.717, 1.165) is 43.1 Å². The molecule has 0 unspecified atom stereocenters. The van der Waals surface area contributed by atoms with Gasteiger partial charge in [-0.25, -0.2) is 4.98 Å². The van der Waals surface area contributed by atoms with E-state index in [4.69, 9.17) is 9.15 Å². The number of benzene rings is 1. The molecule has 1 aromatic carbocycles. The van der Waals surface area contributed by atoms with Crippen molar-refractivity contribution in [1.82, 2.24) is 9.88 Å². The van der Waals surface area contributed by atoms with Gasteiger partial charge in [0.05, 0.1) is 19.4 Å². The Morgan fingerprint density at radius 3 is 2.73 bits per heavy atom. The van der Waals surface area contributed by atoms with E-state index < -0.39 is 5.60 Å². The van der Waals surface area contributed by atoms with Gasteiger partial charge >= 0.3 is 0 Å². The van der Waals surface area contributed by atoms with Gasteiger partial charge < -0.3 is 24.1 Å². The number of carbonyl (C=O) groups excluding carboxylic acids is 1. The van der Waals surface area contributed by atoms with E-state index >= 15 is 0 Å². The molecule has 3 heterocycles. The number of hydrogen-bond acceptors (Lipinski definition) is 6. The quantitative estimate of drug-likeness (QED) is 0.901. The largest absolute Gasteiger partial charge is 0.446 e. The molecule has 0 bridgehead atoms. The van der Waals surface area contributed by atoms with Crippen LogP contribution in [0.15, 0.2) is 35.2 Å². The predicted molar refractivity (Wildman–Crippen MR) is 94.7 cm³/mol. The summed E-state index contributed by atoms with van der Waals surface area (Å²) in [4.78, 5) is 20.8. The van der Waals surface area contributed by atoms with E-state index in [1.807, 2.05) is 6.07 Å². The van der Waals surface area contributed by atoms with Crippen molar-refractivity contribution in [2.24, 2.45) is 0 Å².